The van der Waals surface area contributed by atoms with E-state index in [1.807, 2.05) is 0 Å². The third kappa shape index (κ3) is 1.50. The van der Waals surface area contributed by atoms with Gasteiger partial charge in [0.25, 0.3) is 0 Å². The Bertz CT molecular complexity index is 93.4. The van der Waals surface area contributed by atoms with Gasteiger partial charge in [-0.3, -0.25) is 4.90 Å². The summed E-state index contributed by atoms with van der Waals surface area (Å²) in [6.07, 6.45) is 0. The van der Waals surface area contributed by atoms with Crippen LogP contribution in [-0.4, -0.2) is 36.6 Å². The highest BCUT2D eigenvalue weighted by molar-refractivity contribution is 4.80. The normalized spacial score (nSPS) is 36.3. The minimum atomic E-state index is 0.661. The lowest BCUT2D eigenvalue weighted by molar-refractivity contribution is 0.122. The minimum absolute atomic E-state index is 0.661. The molecule has 1 radical (unpaired) electrons. The molecule has 0 saturated carbocycles. The van der Waals surface area contributed by atoms with Gasteiger partial charge >= 0.3 is 0 Å². The molecule has 0 N–H and O–H groups in total. The van der Waals surface area contributed by atoms with Crippen LogP contribution in [0, 0.1) is 0 Å². The predicted molar refractivity (Wildman–Crippen MR) is 43.2 cm³/mol. The third-order valence-corrected chi connectivity index (χ3v) is 2.28. The molecule has 0 aromatic carbocycles. The second-order valence-corrected chi connectivity index (χ2v) is 3.12. The molecule has 1 aliphatic rings. The molecule has 2 heteroatoms. The molecule has 1 rings (SSSR count). The van der Waals surface area contributed by atoms with E-state index in [0.717, 1.165) is 19.6 Å². The highest BCUT2D eigenvalue weighted by Crippen LogP contribution is 2.08. The van der Waals surface area contributed by atoms with Crippen LogP contribution in [0.1, 0.15) is 20.8 Å². The van der Waals surface area contributed by atoms with Gasteiger partial charge in [0.15, 0.2) is 0 Å². The number of rotatable bonds is 1. The van der Waals surface area contributed by atoms with Gasteiger partial charge in [-0.2, -0.15) is 0 Å². The zero-order valence-corrected chi connectivity index (χ0v) is 7.17. The molecule has 1 saturated heterocycles. The molecule has 2 atom stereocenters. The van der Waals surface area contributed by atoms with E-state index in [4.69, 9.17) is 0 Å². The molecule has 0 amide bonds. The van der Waals surface area contributed by atoms with Gasteiger partial charge in [0.05, 0.1) is 0 Å². The van der Waals surface area contributed by atoms with Crippen molar-refractivity contribution in [2.45, 2.75) is 32.9 Å². The summed E-state index contributed by atoms with van der Waals surface area (Å²) in [7, 11) is 0. The molecule has 0 bridgehead atoms. The molecule has 10 heavy (non-hydrogen) atoms. The van der Waals surface area contributed by atoms with E-state index in [1.54, 1.807) is 0 Å². The summed E-state index contributed by atoms with van der Waals surface area (Å²) in [5.41, 5.74) is 0. The quantitative estimate of drug-likeness (QED) is 0.525. The van der Waals surface area contributed by atoms with Gasteiger partial charge in [-0.1, -0.05) is 6.92 Å². The first-order chi connectivity index (χ1) is 4.75. The molecule has 2 nitrogen and oxygen atoms in total. The lowest BCUT2D eigenvalue weighted by Gasteiger charge is -2.37. The molecule has 0 aromatic rings. The summed E-state index contributed by atoms with van der Waals surface area (Å²) in [6.45, 7) is 9.94. The Morgan fingerprint density at radius 2 is 1.80 bits per heavy atom. The first-order valence-electron chi connectivity index (χ1n) is 4.14. The molecule has 1 fully saturated rings. The monoisotopic (exact) mass is 141 g/mol. The number of piperazine rings is 1. The topological polar surface area (TPSA) is 17.3 Å². The lowest BCUT2D eigenvalue weighted by Crippen LogP contribution is -2.52. The molecule has 0 aromatic heterocycles. The smallest absolute Gasteiger partial charge is 0.0287 e. The van der Waals surface area contributed by atoms with Gasteiger partial charge in [-0.15, -0.1) is 0 Å². The second kappa shape index (κ2) is 3.35. The fraction of sp³-hybridized carbons (Fsp3) is 1.00. The third-order valence-electron chi connectivity index (χ3n) is 2.28. The molecule has 1 aliphatic heterocycles. The van der Waals surface area contributed by atoms with E-state index >= 15 is 0 Å². The van der Waals surface area contributed by atoms with Crippen LogP contribution in [0.2, 0.25) is 0 Å². The summed E-state index contributed by atoms with van der Waals surface area (Å²) < 4.78 is 0. The van der Waals surface area contributed by atoms with Gasteiger partial charge < -0.3 is 0 Å². The maximum atomic E-state index is 4.40. The van der Waals surface area contributed by atoms with Crippen LogP contribution in [-0.2, 0) is 0 Å². The van der Waals surface area contributed by atoms with E-state index in [2.05, 4.69) is 31.0 Å². The van der Waals surface area contributed by atoms with Crippen molar-refractivity contribution < 1.29 is 0 Å². The Kier molecular flexibility index (Phi) is 2.69. The van der Waals surface area contributed by atoms with Crippen LogP contribution in [0.4, 0.5) is 0 Å². The first-order valence-corrected chi connectivity index (χ1v) is 4.14. The van der Waals surface area contributed by atoms with Crippen LogP contribution in [0.15, 0.2) is 0 Å². The van der Waals surface area contributed by atoms with E-state index < -0.39 is 0 Å². The van der Waals surface area contributed by atoms with Crippen molar-refractivity contribution in [2.24, 2.45) is 0 Å². The fourth-order valence-corrected chi connectivity index (χ4v) is 1.72. The molecule has 2 unspecified atom stereocenters. The second-order valence-electron chi connectivity index (χ2n) is 3.12. The highest BCUT2D eigenvalue weighted by Gasteiger charge is 2.22. The molecule has 1 heterocycles. The fourth-order valence-electron chi connectivity index (χ4n) is 1.72. The Morgan fingerprint density at radius 1 is 1.30 bits per heavy atom. The van der Waals surface area contributed by atoms with Crippen LogP contribution < -0.4 is 5.32 Å². The van der Waals surface area contributed by atoms with Crippen LogP contribution in [0.5, 0.6) is 0 Å². The standard InChI is InChI=1S/C8H17N2/c1-4-10-7(2)5-9-6-8(10)3/h7-8H,4-6H2,1-3H3. The average Bonchev–Trinajstić information content (AvgIpc) is 1.88. The highest BCUT2D eigenvalue weighted by atomic mass is 15.2. The summed E-state index contributed by atoms with van der Waals surface area (Å²) in [5, 5.41) is 4.40. The van der Waals surface area contributed by atoms with Crippen LogP contribution >= 0.6 is 0 Å². The van der Waals surface area contributed by atoms with Crippen molar-refractivity contribution in [2.75, 3.05) is 19.6 Å². The van der Waals surface area contributed by atoms with Gasteiger partial charge in [0.1, 0.15) is 0 Å². The summed E-state index contributed by atoms with van der Waals surface area (Å²) in [6, 6.07) is 1.32. The summed E-state index contributed by atoms with van der Waals surface area (Å²) in [4.78, 5) is 2.51. The first kappa shape index (κ1) is 8.02. The van der Waals surface area contributed by atoms with Gasteiger partial charge in [-0.25, -0.2) is 5.32 Å². The molecule has 59 valence electrons. The molecular weight excluding hydrogens is 124 g/mol. The summed E-state index contributed by atoms with van der Waals surface area (Å²) >= 11 is 0. The van der Waals surface area contributed by atoms with E-state index in [9.17, 15) is 0 Å². The number of likely N-dealkylation sites (N-methyl/N-ethyl adjacent to an activating group) is 1. The van der Waals surface area contributed by atoms with E-state index in [1.165, 1.54) is 0 Å². The molecule has 0 aliphatic carbocycles. The Balaban J connectivity index is 2.45. The van der Waals surface area contributed by atoms with Crippen molar-refractivity contribution in [3.05, 3.63) is 0 Å². The Hall–Kier alpha value is -0.0800. The molecular formula is C8H17N2. The lowest BCUT2D eigenvalue weighted by atomic mass is 10.1. The van der Waals surface area contributed by atoms with Crippen molar-refractivity contribution in [3.8, 4) is 0 Å². The minimum Gasteiger partial charge on any atom is -0.296 e. The Labute approximate surface area is 63.6 Å². The van der Waals surface area contributed by atoms with Gasteiger partial charge in [-0.05, 0) is 20.4 Å². The van der Waals surface area contributed by atoms with Crippen LogP contribution in [0.25, 0.3) is 0 Å². The average molecular weight is 141 g/mol. The van der Waals surface area contributed by atoms with Crippen molar-refractivity contribution in [1.29, 1.82) is 0 Å². The van der Waals surface area contributed by atoms with E-state index in [-0.39, 0.29) is 0 Å². The Morgan fingerprint density at radius 3 is 2.10 bits per heavy atom. The van der Waals surface area contributed by atoms with Crippen molar-refractivity contribution >= 4 is 0 Å². The number of nitrogens with zero attached hydrogens (tertiary/aromatic N) is 2. The SMILES string of the molecule is CCN1C(C)C[N]CC1C. The van der Waals surface area contributed by atoms with Crippen molar-refractivity contribution in [1.82, 2.24) is 10.2 Å². The summed E-state index contributed by atoms with van der Waals surface area (Å²) in [5.74, 6) is 0. The van der Waals surface area contributed by atoms with Gasteiger partial charge in [0.2, 0.25) is 0 Å². The maximum absolute atomic E-state index is 4.40. The van der Waals surface area contributed by atoms with Gasteiger partial charge in [0, 0.05) is 25.2 Å². The number of hydrogen-bond acceptors (Lipinski definition) is 1. The maximum Gasteiger partial charge on any atom is 0.0287 e. The predicted octanol–water partition coefficient (Wildman–Crippen LogP) is 0.703. The molecule has 0 spiro atoms. The largest absolute Gasteiger partial charge is 0.296 e. The zero-order chi connectivity index (χ0) is 7.56. The van der Waals surface area contributed by atoms with E-state index in [0.29, 0.717) is 12.1 Å². The van der Waals surface area contributed by atoms with Crippen molar-refractivity contribution in [3.63, 3.8) is 0 Å². The number of hydrogen-bond donors (Lipinski definition) is 0. The van der Waals surface area contributed by atoms with Crippen LogP contribution in [0.3, 0.4) is 0 Å². The zero-order valence-electron chi connectivity index (χ0n) is 7.17.